The number of aliphatic carboxylic acids is 1. The Bertz CT molecular complexity index is 2180. The number of ether oxygens (including phenoxy) is 1. The molecule has 0 aliphatic carbocycles. The summed E-state index contributed by atoms with van der Waals surface area (Å²) in [6, 6.07) is -2.86. The second kappa shape index (κ2) is 44.2. The Morgan fingerprint density at radius 1 is 0.465 bits per heavy atom. The number of rotatable bonds is 49. The molecular formula is C57H97N13O16. The van der Waals surface area contributed by atoms with Gasteiger partial charge in [-0.3, -0.25) is 72.0 Å². The quantitative estimate of drug-likeness (QED) is 0.0137. The van der Waals surface area contributed by atoms with E-state index in [9.17, 15) is 67.1 Å². The predicted molar refractivity (Wildman–Crippen MR) is 316 cm³/mol. The highest BCUT2D eigenvalue weighted by molar-refractivity contribution is 6.13. The van der Waals surface area contributed by atoms with E-state index < -0.39 is 90.3 Å². The number of carbonyl (C=O) groups is 14. The molecule has 1 heterocycles. The van der Waals surface area contributed by atoms with Crippen LogP contribution in [-0.4, -0.2) is 270 Å². The fourth-order valence-electron chi connectivity index (χ4n) is 8.72. The summed E-state index contributed by atoms with van der Waals surface area (Å²) in [5, 5.41) is 27.8. The minimum absolute atomic E-state index is 0.0343. The van der Waals surface area contributed by atoms with Crippen molar-refractivity contribution in [3.8, 4) is 0 Å². The Hall–Kier alpha value is -7.24. The molecule has 8 N–H and O–H groups in total. The lowest BCUT2D eigenvalue weighted by atomic mass is 10.0. The smallest absolute Gasteiger partial charge is 0.315 e. The van der Waals surface area contributed by atoms with Gasteiger partial charge in [-0.25, -0.2) is 0 Å². The van der Waals surface area contributed by atoms with Gasteiger partial charge < -0.3 is 71.6 Å². The molecule has 0 fully saturated rings. The van der Waals surface area contributed by atoms with Crippen LogP contribution in [0.3, 0.4) is 0 Å². The van der Waals surface area contributed by atoms with E-state index in [2.05, 4.69) is 37.2 Å². The second-order valence-electron chi connectivity index (χ2n) is 22.3. The van der Waals surface area contributed by atoms with Gasteiger partial charge in [0.1, 0.15) is 36.1 Å². The highest BCUT2D eigenvalue weighted by atomic mass is 16.5. The van der Waals surface area contributed by atoms with Crippen LogP contribution in [0, 0.1) is 0 Å². The molecule has 0 unspecified atom stereocenters. The number of nitrogens with one attached hydrogen (secondary N) is 7. The zero-order valence-electron chi connectivity index (χ0n) is 51.9. The zero-order valence-corrected chi connectivity index (χ0v) is 51.9. The molecule has 1 aliphatic heterocycles. The van der Waals surface area contributed by atoms with Crippen LogP contribution in [0.1, 0.15) is 116 Å². The third-order valence-corrected chi connectivity index (χ3v) is 12.9. The van der Waals surface area contributed by atoms with Crippen molar-refractivity contribution in [2.75, 3.05) is 135 Å². The zero-order chi connectivity index (χ0) is 64.6. The topological polar surface area (TPSA) is 372 Å². The molecule has 86 heavy (non-hydrogen) atoms. The van der Waals surface area contributed by atoms with Crippen LogP contribution in [-0.2, 0) is 71.9 Å². The van der Waals surface area contributed by atoms with Gasteiger partial charge >= 0.3 is 11.9 Å². The number of carboxylic acid groups (broad SMARTS) is 1. The van der Waals surface area contributed by atoms with Crippen LogP contribution in [0.2, 0.25) is 0 Å². The third kappa shape index (κ3) is 37.9. The van der Waals surface area contributed by atoms with E-state index >= 15 is 0 Å². The van der Waals surface area contributed by atoms with E-state index in [0.29, 0.717) is 77.3 Å². The van der Waals surface area contributed by atoms with Crippen LogP contribution in [0.25, 0.3) is 0 Å². The number of carbonyl (C=O) groups excluding carboxylic acids is 13. The van der Waals surface area contributed by atoms with Gasteiger partial charge in [-0.05, 0) is 114 Å². The normalized spacial score (nSPS) is 13.0. The van der Waals surface area contributed by atoms with Gasteiger partial charge in [-0.2, -0.15) is 0 Å². The van der Waals surface area contributed by atoms with Crippen molar-refractivity contribution in [1.29, 1.82) is 0 Å². The summed E-state index contributed by atoms with van der Waals surface area (Å²) >= 11 is 0. The summed E-state index contributed by atoms with van der Waals surface area (Å²) in [6.07, 6.45) is 6.88. The number of ketones is 2. The fourth-order valence-corrected chi connectivity index (χ4v) is 8.72. The van der Waals surface area contributed by atoms with E-state index in [1.165, 1.54) is 4.90 Å². The summed E-state index contributed by atoms with van der Waals surface area (Å²) in [4.78, 5) is 186. The van der Waals surface area contributed by atoms with Crippen molar-refractivity contribution < 1.29 is 77.0 Å². The molecule has 0 saturated carbocycles. The SMILES string of the molecule is CN(C)CC(=O)CCCCC[C@H](NC(=O)CN(C)C)C(=O)NCCCN(CCCNC(=O)[C@H](CCCCCC(=O)CN(C)C)NC(=O)CN(C)C)C(=O)CC(=O)OCC(=O)NCCCC[C@H](NC(=O)CCN1C(=O)C=CC1=O)C(=O)NCCC(=O)O. The summed E-state index contributed by atoms with van der Waals surface area (Å²) in [7, 11) is 14.1. The maximum Gasteiger partial charge on any atom is 0.315 e. The Morgan fingerprint density at radius 2 is 0.872 bits per heavy atom. The number of hydrogen-bond donors (Lipinski definition) is 8. The van der Waals surface area contributed by atoms with Gasteiger partial charge in [-0.1, -0.05) is 25.7 Å². The van der Waals surface area contributed by atoms with Crippen LogP contribution in [0.4, 0.5) is 0 Å². The van der Waals surface area contributed by atoms with Crippen molar-refractivity contribution in [2.24, 2.45) is 0 Å². The first kappa shape index (κ1) is 76.8. The van der Waals surface area contributed by atoms with E-state index in [-0.39, 0.29) is 127 Å². The van der Waals surface area contributed by atoms with Crippen LogP contribution in [0.5, 0.6) is 0 Å². The van der Waals surface area contributed by atoms with E-state index in [1.807, 2.05) is 28.2 Å². The van der Waals surface area contributed by atoms with Crippen molar-refractivity contribution in [3.63, 3.8) is 0 Å². The molecule has 0 aromatic carbocycles. The average Bonchev–Trinajstić information content (AvgIpc) is 3.97. The molecule has 1 aliphatic rings. The first-order valence-electron chi connectivity index (χ1n) is 29.5. The monoisotopic (exact) mass is 1220 g/mol. The van der Waals surface area contributed by atoms with Gasteiger partial charge in [0.25, 0.3) is 17.7 Å². The van der Waals surface area contributed by atoms with E-state index in [1.54, 1.807) is 47.8 Å². The molecule has 0 radical (unpaired) electrons. The molecule has 0 aromatic rings. The largest absolute Gasteiger partial charge is 0.481 e. The molecule has 0 spiro atoms. The van der Waals surface area contributed by atoms with Crippen molar-refractivity contribution >= 4 is 82.6 Å². The summed E-state index contributed by atoms with van der Waals surface area (Å²) in [6.45, 7) is -0.157. The average molecular weight is 1220 g/mol. The lowest BCUT2D eigenvalue weighted by Crippen LogP contribution is -2.49. The van der Waals surface area contributed by atoms with Gasteiger partial charge in [0.05, 0.1) is 32.6 Å². The molecule has 29 heteroatoms. The van der Waals surface area contributed by atoms with Crippen LogP contribution in [0.15, 0.2) is 12.2 Å². The lowest BCUT2D eigenvalue weighted by Gasteiger charge is -2.24. The number of unbranched alkanes of at least 4 members (excludes halogenated alkanes) is 5. The number of nitrogens with zero attached hydrogens (tertiary/aromatic N) is 6. The molecule has 0 saturated heterocycles. The Kier molecular flexibility index (Phi) is 39.5. The van der Waals surface area contributed by atoms with E-state index in [0.717, 1.165) is 17.1 Å². The molecular weight excluding hydrogens is 1120 g/mol. The van der Waals surface area contributed by atoms with Crippen molar-refractivity contribution in [1.82, 2.24) is 66.6 Å². The van der Waals surface area contributed by atoms with Crippen molar-refractivity contribution in [2.45, 2.75) is 134 Å². The maximum atomic E-state index is 13.7. The number of esters is 1. The molecule has 10 amide bonds. The summed E-state index contributed by atoms with van der Waals surface area (Å²) in [5.74, 6) is -7.40. The minimum Gasteiger partial charge on any atom is -0.481 e. The van der Waals surface area contributed by atoms with Gasteiger partial charge in [0.2, 0.25) is 41.4 Å². The first-order valence-corrected chi connectivity index (χ1v) is 29.5. The predicted octanol–water partition coefficient (Wildman–Crippen LogP) is -2.31. The Morgan fingerprint density at radius 3 is 1.30 bits per heavy atom. The number of likely N-dealkylation sites (N-methyl/N-ethyl adjacent to an activating group) is 4. The first-order chi connectivity index (χ1) is 40.7. The molecule has 3 atom stereocenters. The maximum absolute atomic E-state index is 13.7. The number of carboxylic acids is 1. The fraction of sp³-hybridized carbons (Fsp3) is 0.719. The molecule has 486 valence electrons. The van der Waals surface area contributed by atoms with Gasteiger partial charge in [0, 0.05) is 77.2 Å². The number of Topliss-reactive ketones (excluding diaryl/α,β-unsaturated/α-hetero) is 2. The van der Waals surface area contributed by atoms with E-state index in [4.69, 9.17) is 9.84 Å². The summed E-state index contributed by atoms with van der Waals surface area (Å²) in [5.41, 5.74) is 0. The Labute approximate surface area is 505 Å². The number of hydrogen-bond acceptors (Lipinski definition) is 19. The standard InChI is InChI=1S/C57H97N13O16/c1-65(2)36-41(71)19-11-9-13-21-44(63-47(74)38-67(5)6)55(83)59-29-17-32-69(33-18-30-60-56(84)45(64-48(75)39-68(7)8)22-14-10-12-20-42(72)37-66(3)4)52(79)35-54(82)86-40-49(76)58-28-16-15-23-43(57(85)61-31-26-53(80)81)62-46(73)27-34-70-50(77)24-25-51(70)78/h24-25,43-45H,9-23,26-40H2,1-8H3,(H,58,76)(H,59,83)(H,60,84)(H,61,85)(H,62,73)(H,63,74)(H,64,75)(H,80,81)/t43-,44-,45-/m0/s1. The highest BCUT2D eigenvalue weighted by Crippen LogP contribution is 2.11. The minimum atomic E-state index is -1.15. The molecule has 1 rings (SSSR count). The third-order valence-electron chi connectivity index (χ3n) is 12.9. The molecule has 29 nitrogen and oxygen atoms in total. The molecule has 0 bridgehead atoms. The summed E-state index contributed by atoms with van der Waals surface area (Å²) < 4.78 is 5.13. The van der Waals surface area contributed by atoms with Crippen LogP contribution >= 0.6 is 0 Å². The van der Waals surface area contributed by atoms with Crippen molar-refractivity contribution in [3.05, 3.63) is 12.2 Å². The second-order valence-corrected chi connectivity index (χ2v) is 22.3. The van der Waals surface area contributed by atoms with Gasteiger partial charge in [-0.15, -0.1) is 0 Å². The lowest BCUT2D eigenvalue weighted by molar-refractivity contribution is -0.152. The van der Waals surface area contributed by atoms with Gasteiger partial charge in [0.15, 0.2) is 6.61 Å². The van der Waals surface area contributed by atoms with Crippen LogP contribution < -0.4 is 37.2 Å². The Balaban J connectivity index is 3.01. The molecule has 0 aromatic heterocycles. The number of imide groups is 1. The highest BCUT2D eigenvalue weighted by Gasteiger charge is 2.27. The number of amides is 10.